The summed E-state index contributed by atoms with van der Waals surface area (Å²) in [5.41, 5.74) is 2.34. The molecule has 0 spiro atoms. The number of methoxy groups -OCH3 is 2. The van der Waals surface area contributed by atoms with Gasteiger partial charge in [0.1, 0.15) is 27.4 Å². The molecule has 192 valence electrons. The Morgan fingerprint density at radius 2 is 1.86 bits per heavy atom. The minimum absolute atomic E-state index is 0.103. The van der Waals surface area contributed by atoms with Crippen molar-refractivity contribution in [2.45, 2.75) is 13.5 Å². The predicted octanol–water partition coefficient (Wildman–Crippen LogP) is 6.30. The molecule has 11 heteroatoms. The van der Waals surface area contributed by atoms with E-state index in [1.165, 1.54) is 42.2 Å². The highest BCUT2D eigenvalue weighted by Gasteiger charge is 2.35. The first-order valence-electron chi connectivity index (χ1n) is 11.1. The lowest BCUT2D eigenvalue weighted by atomic mass is 10.0. The Morgan fingerprint density at radius 1 is 1.19 bits per heavy atom. The summed E-state index contributed by atoms with van der Waals surface area (Å²) in [5.74, 6) is -0.359. The number of aromatic nitrogens is 1. The molecule has 0 unspecified atom stereocenters. The van der Waals surface area contributed by atoms with Crippen molar-refractivity contribution >= 4 is 52.2 Å². The fourth-order valence-corrected chi connectivity index (χ4v) is 4.77. The third-order valence-corrected chi connectivity index (χ3v) is 6.61. The summed E-state index contributed by atoms with van der Waals surface area (Å²) in [5, 5.41) is 2.92. The monoisotopic (exact) mass is 544 g/mol. The van der Waals surface area contributed by atoms with Gasteiger partial charge in [0.2, 0.25) is 5.91 Å². The highest BCUT2D eigenvalue weighted by Crippen LogP contribution is 2.48. The van der Waals surface area contributed by atoms with Crippen molar-refractivity contribution in [3.8, 4) is 22.8 Å². The van der Waals surface area contributed by atoms with E-state index in [0.717, 1.165) is 6.08 Å². The Labute approximate surface area is 223 Å². The normalized spacial score (nSPS) is 12.8. The maximum atomic E-state index is 14.8. The van der Waals surface area contributed by atoms with Crippen molar-refractivity contribution in [1.29, 1.82) is 0 Å². The van der Waals surface area contributed by atoms with Gasteiger partial charge >= 0.3 is 6.03 Å². The van der Waals surface area contributed by atoms with E-state index in [2.05, 4.69) is 16.9 Å². The number of fused-ring (bicyclic) bond motifs is 1. The number of carbonyl (C=O) groups excluding carboxylic acids is 2. The highest BCUT2D eigenvalue weighted by atomic mass is 35.5. The molecule has 1 N–H and O–H groups in total. The van der Waals surface area contributed by atoms with Crippen LogP contribution in [0.5, 0.6) is 11.5 Å². The molecule has 1 aromatic heterocycles. The second-order valence-corrected chi connectivity index (χ2v) is 8.71. The molecule has 2 aromatic carbocycles. The van der Waals surface area contributed by atoms with Gasteiger partial charge in [0.25, 0.3) is 0 Å². The molecule has 0 fully saturated rings. The summed E-state index contributed by atoms with van der Waals surface area (Å²) in [6, 6.07) is 6.94. The first-order valence-corrected chi connectivity index (χ1v) is 11.9. The van der Waals surface area contributed by atoms with E-state index in [1.54, 1.807) is 18.3 Å². The minimum atomic E-state index is -0.530. The van der Waals surface area contributed by atoms with Gasteiger partial charge in [-0.1, -0.05) is 29.8 Å². The van der Waals surface area contributed by atoms with Crippen LogP contribution in [0.4, 0.5) is 26.2 Å². The molecule has 37 heavy (non-hydrogen) atoms. The van der Waals surface area contributed by atoms with Gasteiger partial charge in [-0.15, -0.1) is 0 Å². The van der Waals surface area contributed by atoms with Crippen molar-refractivity contribution in [3.63, 3.8) is 0 Å². The molecule has 3 amide bonds. The Hall–Kier alpha value is -3.82. The van der Waals surface area contributed by atoms with Crippen molar-refractivity contribution in [2.24, 2.45) is 0 Å². The molecule has 4 rings (SSSR count). The number of nitrogens with zero attached hydrogens (tertiary/aromatic N) is 3. The molecule has 0 aliphatic carbocycles. The molecule has 2 heterocycles. The lowest BCUT2D eigenvalue weighted by Gasteiger charge is -2.37. The van der Waals surface area contributed by atoms with E-state index >= 15 is 0 Å². The number of benzene rings is 2. The number of urea groups is 1. The van der Waals surface area contributed by atoms with E-state index in [1.807, 2.05) is 6.92 Å². The number of nitrogens with one attached hydrogen (secondary N) is 1. The summed E-state index contributed by atoms with van der Waals surface area (Å²) in [6.07, 6.45) is 2.69. The quantitative estimate of drug-likeness (QED) is 0.352. The van der Waals surface area contributed by atoms with Crippen LogP contribution in [0.15, 0.2) is 49.2 Å². The van der Waals surface area contributed by atoms with Gasteiger partial charge in [0.05, 0.1) is 37.8 Å². The number of hydrogen-bond acceptors (Lipinski definition) is 5. The van der Waals surface area contributed by atoms with Crippen molar-refractivity contribution in [2.75, 3.05) is 35.9 Å². The van der Waals surface area contributed by atoms with Gasteiger partial charge < -0.3 is 14.8 Å². The largest absolute Gasteiger partial charge is 0.495 e. The van der Waals surface area contributed by atoms with Gasteiger partial charge in [0.15, 0.2) is 0 Å². The topological polar surface area (TPSA) is 84.0 Å². The minimum Gasteiger partial charge on any atom is -0.495 e. The van der Waals surface area contributed by atoms with Crippen molar-refractivity contribution in [3.05, 3.63) is 70.6 Å². The van der Waals surface area contributed by atoms with E-state index in [0.29, 0.717) is 40.7 Å². The van der Waals surface area contributed by atoms with Crippen molar-refractivity contribution in [1.82, 2.24) is 4.98 Å². The van der Waals surface area contributed by atoms with Crippen molar-refractivity contribution < 1.29 is 23.5 Å². The average Bonchev–Trinajstić information content (AvgIpc) is 2.90. The highest BCUT2D eigenvalue weighted by molar-refractivity contribution is 6.42. The average molecular weight is 545 g/mol. The van der Waals surface area contributed by atoms with Crippen LogP contribution >= 0.6 is 23.2 Å². The zero-order valence-electron chi connectivity index (χ0n) is 20.3. The Morgan fingerprint density at radius 3 is 2.46 bits per heavy atom. The molecule has 0 saturated heterocycles. The van der Waals surface area contributed by atoms with Crippen LogP contribution in [-0.4, -0.2) is 37.7 Å². The van der Waals surface area contributed by atoms with Crippen LogP contribution in [0.3, 0.4) is 0 Å². The van der Waals surface area contributed by atoms with Crippen LogP contribution in [0.25, 0.3) is 11.3 Å². The fraction of sp³-hybridized carbons (Fsp3) is 0.192. The lowest BCUT2D eigenvalue weighted by molar-refractivity contribution is -0.111. The maximum Gasteiger partial charge on any atom is 0.329 e. The van der Waals surface area contributed by atoms with Crippen LogP contribution < -0.4 is 24.6 Å². The molecule has 0 bridgehead atoms. The summed E-state index contributed by atoms with van der Waals surface area (Å²) in [7, 11) is 2.90. The molecule has 0 radical (unpaired) electrons. The summed E-state index contributed by atoms with van der Waals surface area (Å²) < 4.78 is 25.5. The molecule has 1 aliphatic heterocycles. The SMILES string of the molecule is C=CC(=O)Nc1ccc(F)c(-c2cc3c(cn2)CN(c2c(Cl)c(OC)cc(OC)c2Cl)C(=O)N3CC)c1. The number of rotatable bonds is 7. The number of pyridine rings is 1. The molecule has 0 saturated carbocycles. The Balaban J connectivity index is 1.79. The number of halogens is 3. The second kappa shape index (κ2) is 10.7. The number of anilines is 3. The third-order valence-electron chi connectivity index (χ3n) is 5.87. The maximum absolute atomic E-state index is 14.8. The first kappa shape index (κ1) is 26.2. The third kappa shape index (κ3) is 4.80. The smallest absolute Gasteiger partial charge is 0.329 e. The molecule has 1 aliphatic rings. The molecule has 3 aromatic rings. The molecule has 8 nitrogen and oxygen atoms in total. The Bertz CT molecular complexity index is 1390. The fourth-order valence-electron chi connectivity index (χ4n) is 4.06. The Kier molecular flexibility index (Phi) is 7.56. The zero-order chi connectivity index (χ0) is 26.9. The number of amides is 3. The van der Waals surface area contributed by atoms with E-state index in [4.69, 9.17) is 32.7 Å². The van der Waals surface area contributed by atoms with E-state index in [9.17, 15) is 14.0 Å². The van der Waals surface area contributed by atoms with Crippen LogP contribution in [0, 0.1) is 5.82 Å². The van der Waals surface area contributed by atoms with E-state index < -0.39 is 17.8 Å². The van der Waals surface area contributed by atoms with Gasteiger partial charge in [-0.25, -0.2) is 9.18 Å². The predicted molar refractivity (Wildman–Crippen MR) is 143 cm³/mol. The summed E-state index contributed by atoms with van der Waals surface area (Å²) in [4.78, 5) is 32.7. The second-order valence-electron chi connectivity index (χ2n) is 7.96. The lowest BCUT2D eigenvalue weighted by Crippen LogP contribution is -2.47. The number of ether oxygens (including phenoxy) is 2. The number of carbonyl (C=O) groups is 2. The summed E-state index contributed by atoms with van der Waals surface area (Å²) >= 11 is 13.1. The van der Waals surface area contributed by atoms with Gasteiger partial charge in [-0.05, 0) is 37.3 Å². The molecular formula is C26H23Cl2FN4O4. The van der Waals surface area contributed by atoms with Crippen LogP contribution in [0.2, 0.25) is 10.0 Å². The van der Waals surface area contributed by atoms with E-state index in [-0.39, 0.29) is 27.8 Å². The summed E-state index contributed by atoms with van der Waals surface area (Å²) in [6.45, 7) is 5.64. The van der Waals surface area contributed by atoms with Crippen LogP contribution in [0.1, 0.15) is 12.5 Å². The first-order chi connectivity index (χ1) is 17.7. The van der Waals surface area contributed by atoms with Crippen LogP contribution in [-0.2, 0) is 11.3 Å². The number of hydrogen-bond donors (Lipinski definition) is 1. The standard InChI is InChI=1S/C26H23Cl2FN4O4/c1-5-22(34)31-15-7-8-17(29)16(9-15)18-10-19-14(12-30-18)13-33(26(35)32(19)6-2)25-23(27)20(36-3)11-21(37-4)24(25)28/h5,7-12H,1,6,13H2,2-4H3,(H,31,34). The van der Waals surface area contributed by atoms with Gasteiger partial charge in [-0.2, -0.15) is 0 Å². The van der Waals surface area contributed by atoms with Gasteiger partial charge in [-0.3, -0.25) is 19.6 Å². The molecular weight excluding hydrogens is 522 g/mol. The van der Waals surface area contributed by atoms with Gasteiger partial charge in [0, 0.05) is 35.6 Å². The molecule has 0 atom stereocenters. The zero-order valence-corrected chi connectivity index (χ0v) is 21.8.